The minimum absolute atomic E-state index is 0.281. The van der Waals surface area contributed by atoms with Gasteiger partial charge in [-0.15, -0.1) is 0 Å². The summed E-state index contributed by atoms with van der Waals surface area (Å²) < 4.78 is 5.79. The van der Waals surface area contributed by atoms with Crippen LogP contribution in [0.3, 0.4) is 0 Å². The predicted octanol–water partition coefficient (Wildman–Crippen LogP) is 0.282. The van der Waals surface area contributed by atoms with Crippen molar-refractivity contribution >= 4 is 5.96 Å². The summed E-state index contributed by atoms with van der Waals surface area (Å²) in [5.74, 6) is 1.66. The quantitative estimate of drug-likeness (QED) is 0.757. The summed E-state index contributed by atoms with van der Waals surface area (Å²) in [5.41, 5.74) is 0. The van der Waals surface area contributed by atoms with Crippen molar-refractivity contribution in [3.63, 3.8) is 0 Å². The van der Waals surface area contributed by atoms with Gasteiger partial charge in [-0.3, -0.25) is 9.89 Å². The fourth-order valence-electron chi connectivity index (χ4n) is 2.45. The zero-order valence-electron chi connectivity index (χ0n) is 11.6. The van der Waals surface area contributed by atoms with Gasteiger partial charge < -0.3 is 15.4 Å². The molecule has 2 aliphatic heterocycles. The zero-order chi connectivity index (χ0) is 12.8. The van der Waals surface area contributed by atoms with E-state index in [2.05, 4.69) is 34.4 Å². The molecule has 5 heteroatoms. The lowest BCUT2D eigenvalue weighted by molar-refractivity contribution is -0.0284. The molecule has 1 saturated heterocycles. The van der Waals surface area contributed by atoms with Gasteiger partial charge in [0.2, 0.25) is 0 Å². The van der Waals surface area contributed by atoms with E-state index >= 15 is 0 Å². The number of nitrogens with zero attached hydrogens (tertiary/aromatic N) is 2. The SMILES string of the molecule is CC(C)CN1CCOC(CNC2=NCCCN2)C1. The summed E-state index contributed by atoms with van der Waals surface area (Å²) in [6.07, 6.45) is 1.41. The number of nitrogens with one attached hydrogen (secondary N) is 2. The monoisotopic (exact) mass is 254 g/mol. The van der Waals surface area contributed by atoms with Gasteiger partial charge in [0.25, 0.3) is 0 Å². The summed E-state index contributed by atoms with van der Waals surface area (Å²) in [5, 5.41) is 6.62. The number of hydrogen-bond acceptors (Lipinski definition) is 5. The molecule has 2 aliphatic rings. The number of morpholine rings is 1. The van der Waals surface area contributed by atoms with Crippen molar-refractivity contribution < 1.29 is 4.74 Å². The minimum atomic E-state index is 0.281. The third kappa shape index (κ3) is 4.46. The first-order valence-electron chi connectivity index (χ1n) is 7.10. The van der Waals surface area contributed by atoms with E-state index in [1.165, 1.54) is 6.54 Å². The van der Waals surface area contributed by atoms with Gasteiger partial charge in [0.05, 0.1) is 12.7 Å². The van der Waals surface area contributed by atoms with Crippen LogP contribution < -0.4 is 10.6 Å². The van der Waals surface area contributed by atoms with E-state index in [1.54, 1.807) is 0 Å². The van der Waals surface area contributed by atoms with Crippen LogP contribution in [0.5, 0.6) is 0 Å². The van der Waals surface area contributed by atoms with E-state index in [-0.39, 0.29) is 6.10 Å². The van der Waals surface area contributed by atoms with Gasteiger partial charge in [-0.05, 0) is 12.3 Å². The van der Waals surface area contributed by atoms with Crippen LogP contribution in [-0.2, 0) is 4.74 Å². The molecule has 0 aromatic rings. The Balaban J connectivity index is 1.70. The third-order valence-corrected chi connectivity index (χ3v) is 3.24. The Morgan fingerprint density at radius 3 is 3.17 bits per heavy atom. The molecule has 2 N–H and O–H groups in total. The van der Waals surface area contributed by atoms with Crippen LogP contribution in [0.15, 0.2) is 4.99 Å². The Hall–Kier alpha value is -0.810. The van der Waals surface area contributed by atoms with E-state index in [9.17, 15) is 0 Å². The molecule has 0 aromatic heterocycles. The molecule has 18 heavy (non-hydrogen) atoms. The average molecular weight is 254 g/mol. The van der Waals surface area contributed by atoms with Gasteiger partial charge in [-0.25, -0.2) is 0 Å². The molecule has 2 heterocycles. The van der Waals surface area contributed by atoms with Crippen LogP contribution in [0.2, 0.25) is 0 Å². The van der Waals surface area contributed by atoms with Crippen molar-refractivity contribution in [2.45, 2.75) is 26.4 Å². The van der Waals surface area contributed by atoms with Gasteiger partial charge in [-0.2, -0.15) is 0 Å². The third-order valence-electron chi connectivity index (χ3n) is 3.24. The fourth-order valence-corrected chi connectivity index (χ4v) is 2.45. The molecule has 104 valence electrons. The molecule has 1 atom stereocenters. The van der Waals surface area contributed by atoms with Gasteiger partial charge in [0.15, 0.2) is 5.96 Å². The second-order valence-corrected chi connectivity index (χ2v) is 5.54. The molecule has 0 radical (unpaired) electrons. The highest BCUT2D eigenvalue weighted by Crippen LogP contribution is 2.07. The second-order valence-electron chi connectivity index (χ2n) is 5.54. The van der Waals surface area contributed by atoms with E-state index < -0.39 is 0 Å². The van der Waals surface area contributed by atoms with E-state index in [0.717, 1.165) is 57.6 Å². The number of ether oxygens (including phenoxy) is 1. The molecule has 0 amide bonds. The molecule has 0 aromatic carbocycles. The Bertz CT molecular complexity index is 280. The maximum Gasteiger partial charge on any atom is 0.191 e. The second kappa shape index (κ2) is 6.95. The van der Waals surface area contributed by atoms with Crippen LogP contribution in [0.4, 0.5) is 0 Å². The highest BCUT2D eigenvalue weighted by molar-refractivity contribution is 5.80. The van der Waals surface area contributed by atoms with Crippen LogP contribution in [-0.4, -0.2) is 62.8 Å². The van der Waals surface area contributed by atoms with Crippen molar-refractivity contribution in [2.24, 2.45) is 10.9 Å². The van der Waals surface area contributed by atoms with Crippen molar-refractivity contribution in [1.82, 2.24) is 15.5 Å². The lowest BCUT2D eigenvalue weighted by atomic mass is 10.2. The van der Waals surface area contributed by atoms with E-state index in [4.69, 9.17) is 4.74 Å². The lowest BCUT2D eigenvalue weighted by Gasteiger charge is -2.34. The van der Waals surface area contributed by atoms with Crippen molar-refractivity contribution in [1.29, 1.82) is 0 Å². The van der Waals surface area contributed by atoms with Gasteiger partial charge in [0, 0.05) is 39.3 Å². The van der Waals surface area contributed by atoms with Crippen molar-refractivity contribution in [3.05, 3.63) is 0 Å². The average Bonchev–Trinajstić information content (AvgIpc) is 2.37. The molecular weight excluding hydrogens is 228 g/mol. The molecule has 5 nitrogen and oxygen atoms in total. The molecule has 1 unspecified atom stereocenters. The Morgan fingerprint density at radius 2 is 2.44 bits per heavy atom. The van der Waals surface area contributed by atoms with Crippen LogP contribution in [0.1, 0.15) is 20.3 Å². The topological polar surface area (TPSA) is 48.9 Å². The van der Waals surface area contributed by atoms with Crippen LogP contribution >= 0.6 is 0 Å². The predicted molar refractivity (Wildman–Crippen MR) is 73.9 cm³/mol. The number of rotatable bonds is 4. The molecule has 2 rings (SSSR count). The number of hydrogen-bond donors (Lipinski definition) is 2. The largest absolute Gasteiger partial charge is 0.374 e. The van der Waals surface area contributed by atoms with Gasteiger partial charge in [-0.1, -0.05) is 13.8 Å². The lowest BCUT2D eigenvalue weighted by Crippen LogP contribution is -2.50. The Labute approximate surface area is 110 Å². The first kappa shape index (κ1) is 13.6. The maximum absolute atomic E-state index is 5.79. The molecule has 0 saturated carbocycles. The van der Waals surface area contributed by atoms with Crippen molar-refractivity contribution in [3.8, 4) is 0 Å². The number of guanidine groups is 1. The maximum atomic E-state index is 5.79. The number of aliphatic imine (C=N–C) groups is 1. The van der Waals surface area contributed by atoms with Crippen LogP contribution in [0.25, 0.3) is 0 Å². The Kier molecular flexibility index (Phi) is 5.26. The molecule has 1 fully saturated rings. The summed E-state index contributed by atoms with van der Waals surface area (Å²) in [6, 6.07) is 0. The molecule has 0 aliphatic carbocycles. The molecular formula is C13H26N4O. The molecule has 0 bridgehead atoms. The van der Waals surface area contributed by atoms with E-state index in [1.807, 2.05) is 0 Å². The zero-order valence-corrected chi connectivity index (χ0v) is 11.6. The Morgan fingerprint density at radius 1 is 1.56 bits per heavy atom. The smallest absolute Gasteiger partial charge is 0.191 e. The highest BCUT2D eigenvalue weighted by Gasteiger charge is 2.21. The minimum Gasteiger partial charge on any atom is -0.374 e. The van der Waals surface area contributed by atoms with E-state index in [0.29, 0.717) is 0 Å². The first-order chi connectivity index (χ1) is 8.74. The van der Waals surface area contributed by atoms with Crippen molar-refractivity contribution in [2.75, 3.05) is 45.9 Å². The molecule has 0 spiro atoms. The highest BCUT2D eigenvalue weighted by atomic mass is 16.5. The summed E-state index contributed by atoms with van der Waals surface area (Å²) in [4.78, 5) is 6.90. The summed E-state index contributed by atoms with van der Waals surface area (Å²) in [6.45, 7) is 11.4. The van der Waals surface area contributed by atoms with Gasteiger partial charge >= 0.3 is 0 Å². The summed E-state index contributed by atoms with van der Waals surface area (Å²) >= 11 is 0. The fraction of sp³-hybridized carbons (Fsp3) is 0.923. The standard InChI is InChI=1S/C13H26N4O/c1-11(2)9-17-6-7-18-12(10-17)8-16-13-14-4-3-5-15-13/h11-12H,3-10H2,1-2H3,(H2,14,15,16). The van der Waals surface area contributed by atoms with Crippen LogP contribution in [0, 0.1) is 5.92 Å². The van der Waals surface area contributed by atoms with Gasteiger partial charge in [0.1, 0.15) is 0 Å². The summed E-state index contributed by atoms with van der Waals surface area (Å²) in [7, 11) is 0. The normalized spacial score (nSPS) is 25.7. The first-order valence-corrected chi connectivity index (χ1v) is 7.10.